The zero-order valence-corrected chi connectivity index (χ0v) is 9.11. The van der Waals surface area contributed by atoms with Gasteiger partial charge in [-0.05, 0) is 17.7 Å². The lowest BCUT2D eigenvalue weighted by Crippen LogP contribution is -2.37. The van der Waals surface area contributed by atoms with Crippen LogP contribution < -0.4 is 0 Å². The summed E-state index contributed by atoms with van der Waals surface area (Å²) in [4.78, 5) is 13.7. The number of hydrogen-bond acceptors (Lipinski definition) is 3. The van der Waals surface area contributed by atoms with E-state index in [1.165, 1.54) is 6.26 Å². The molecule has 0 unspecified atom stereocenters. The van der Waals surface area contributed by atoms with E-state index >= 15 is 0 Å². The minimum atomic E-state index is -0.0240. The first-order valence-electron chi connectivity index (χ1n) is 4.39. The lowest BCUT2D eigenvalue weighted by Gasteiger charge is -2.25. The molecule has 0 saturated carbocycles. The molecule has 5 heteroatoms. The molecule has 0 bridgehead atoms. The molecule has 1 saturated heterocycles. The van der Waals surface area contributed by atoms with Gasteiger partial charge in [0.05, 0.1) is 11.8 Å². The maximum Gasteiger partial charge on any atom is 0.258 e. The fourth-order valence-electron chi connectivity index (χ4n) is 1.38. The van der Waals surface area contributed by atoms with Crippen molar-refractivity contribution < 1.29 is 9.21 Å². The van der Waals surface area contributed by atoms with Crippen LogP contribution in [0.5, 0.6) is 0 Å². The molecule has 1 fully saturated rings. The van der Waals surface area contributed by atoms with E-state index in [1.807, 2.05) is 16.7 Å². The van der Waals surface area contributed by atoms with Gasteiger partial charge < -0.3 is 9.32 Å². The molecular weight excluding hydrogens is 222 g/mol. The highest BCUT2D eigenvalue weighted by Crippen LogP contribution is 2.20. The van der Waals surface area contributed by atoms with Gasteiger partial charge in [-0.1, -0.05) is 0 Å². The van der Waals surface area contributed by atoms with Gasteiger partial charge in [0.1, 0.15) is 0 Å². The molecule has 1 aromatic heterocycles. The summed E-state index contributed by atoms with van der Waals surface area (Å²) >= 11 is 7.60. The second kappa shape index (κ2) is 4.28. The van der Waals surface area contributed by atoms with E-state index in [4.69, 9.17) is 16.0 Å². The Morgan fingerprint density at radius 2 is 2.21 bits per heavy atom. The Morgan fingerprint density at radius 3 is 2.79 bits per heavy atom. The normalized spacial score (nSPS) is 17.1. The zero-order valence-electron chi connectivity index (χ0n) is 7.53. The van der Waals surface area contributed by atoms with E-state index in [0.29, 0.717) is 5.56 Å². The van der Waals surface area contributed by atoms with Crippen LogP contribution in [-0.4, -0.2) is 35.4 Å². The summed E-state index contributed by atoms with van der Waals surface area (Å²) < 4.78 is 4.89. The summed E-state index contributed by atoms with van der Waals surface area (Å²) in [5.74, 6) is 1.98. The van der Waals surface area contributed by atoms with E-state index in [9.17, 15) is 4.79 Å². The number of furan rings is 1. The van der Waals surface area contributed by atoms with Gasteiger partial charge in [0.15, 0.2) is 0 Å². The molecular formula is C9H10ClNO2S. The van der Waals surface area contributed by atoms with Gasteiger partial charge in [-0.25, -0.2) is 0 Å². The number of amides is 1. The highest BCUT2D eigenvalue weighted by molar-refractivity contribution is 7.99. The van der Waals surface area contributed by atoms with Gasteiger partial charge in [0.25, 0.3) is 5.91 Å². The number of nitrogens with zero attached hydrogens (tertiary/aromatic N) is 1. The van der Waals surface area contributed by atoms with Crippen molar-refractivity contribution in [3.63, 3.8) is 0 Å². The van der Waals surface area contributed by atoms with Gasteiger partial charge in [-0.15, -0.1) is 0 Å². The Balaban J connectivity index is 2.11. The minimum absolute atomic E-state index is 0.0240. The molecule has 1 aromatic rings. The van der Waals surface area contributed by atoms with Gasteiger partial charge in [-0.2, -0.15) is 11.8 Å². The zero-order chi connectivity index (χ0) is 9.97. The lowest BCUT2D eigenvalue weighted by atomic mass is 10.3. The Bertz CT molecular complexity index is 333. The van der Waals surface area contributed by atoms with Crippen molar-refractivity contribution in [3.05, 3.63) is 23.1 Å². The lowest BCUT2D eigenvalue weighted by molar-refractivity contribution is 0.0772. The predicted octanol–water partition coefficient (Wildman–Crippen LogP) is 2.12. The Hall–Kier alpha value is -0.610. The molecule has 0 radical (unpaired) electrons. The maximum absolute atomic E-state index is 11.9. The van der Waals surface area contributed by atoms with E-state index < -0.39 is 0 Å². The Morgan fingerprint density at radius 1 is 1.50 bits per heavy atom. The van der Waals surface area contributed by atoms with E-state index in [0.717, 1.165) is 24.6 Å². The first-order chi connectivity index (χ1) is 6.79. The monoisotopic (exact) mass is 231 g/mol. The molecule has 14 heavy (non-hydrogen) atoms. The third-order valence-corrected chi connectivity index (χ3v) is 3.38. The summed E-state index contributed by atoms with van der Waals surface area (Å²) in [7, 11) is 0. The summed E-state index contributed by atoms with van der Waals surface area (Å²) in [5.41, 5.74) is 0.471. The largest absolute Gasteiger partial charge is 0.452 e. The van der Waals surface area contributed by atoms with Crippen LogP contribution >= 0.6 is 23.4 Å². The van der Waals surface area contributed by atoms with Crippen molar-refractivity contribution in [1.29, 1.82) is 0 Å². The molecule has 1 amide bonds. The summed E-state index contributed by atoms with van der Waals surface area (Å²) in [6, 6.07) is 1.62. The third kappa shape index (κ3) is 1.91. The van der Waals surface area contributed by atoms with Crippen LogP contribution in [0.15, 0.2) is 16.7 Å². The molecule has 0 atom stereocenters. The predicted molar refractivity (Wildman–Crippen MR) is 56.9 cm³/mol. The van der Waals surface area contributed by atoms with E-state index in [1.54, 1.807) is 6.07 Å². The fourth-order valence-corrected chi connectivity index (χ4v) is 2.48. The van der Waals surface area contributed by atoms with Crippen molar-refractivity contribution in [2.75, 3.05) is 24.6 Å². The molecule has 1 aliphatic heterocycles. The average Bonchev–Trinajstić information content (AvgIpc) is 2.65. The highest BCUT2D eigenvalue weighted by Gasteiger charge is 2.21. The van der Waals surface area contributed by atoms with Crippen molar-refractivity contribution in [1.82, 2.24) is 4.90 Å². The second-order valence-electron chi connectivity index (χ2n) is 3.01. The van der Waals surface area contributed by atoms with Gasteiger partial charge in [0.2, 0.25) is 5.22 Å². The van der Waals surface area contributed by atoms with E-state index in [2.05, 4.69) is 0 Å². The molecule has 1 aliphatic rings. The quantitative estimate of drug-likeness (QED) is 0.743. The van der Waals surface area contributed by atoms with Gasteiger partial charge >= 0.3 is 0 Å². The van der Waals surface area contributed by atoms with Crippen LogP contribution in [0.25, 0.3) is 0 Å². The first-order valence-corrected chi connectivity index (χ1v) is 5.92. The fraction of sp³-hybridized carbons (Fsp3) is 0.444. The van der Waals surface area contributed by atoms with Crippen LogP contribution in [0.3, 0.4) is 0 Å². The Labute approximate surface area is 91.4 Å². The van der Waals surface area contributed by atoms with Crippen LogP contribution in [-0.2, 0) is 0 Å². The molecule has 0 aromatic carbocycles. The second-order valence-corrected chi connectivity index (χ2v) is 4.58. The average molecular weight is 232 g/mol. The molecule has 3 nitrogen and oxygen atoms in total. The molecule has 0 N–H and O–H groups in total. The van der Waals surface area contributed by atoms with Crippen LogP contribution in [0, 0.1) is 0 Å². The molecule has 76 valence electrons. The third-order valence-electron chi connectivity index (χ3n) is 2.15. The van der Waals surface area contributed by atoms with Crippen molar-refractivity contribution in [2.45, 2.75) is 0 Å². The number of carbonyl (C=O) groups excluding carboxylic acids is 1. The molecule has 0 aliphatic carbocycles. The summed E-state index contributed by atoms with van der Waals surface area (Å²) in [5, 5.41) is 0.188. The number of rotatable bonds is 1. The maximum atomic E-state index is 11.9. The molecule has 2 heterocycles. The van der Waals surface area contributed by atoms with Gasteiger partial charge in [0, 0.05) is 24.6 Å². The number of hydrogen-bond donors (Lipinski definition) is 0. The smallest absolute Gasteiger partial charge is 0.258 e. The van der Waals surface area contributed by atoms with Crippen molar-refractivity contribution in [3.8, 4) is 0 Å². The summed E-state index contributed by atoms with van der Waals surface area (Å²) in [6.07, 6.45) is 1.44. The number of halogens is 1. The minimum Gasteiger partial charge on any atom is -0.452 e. The molecule has 2 rings (SSSR count). The van der Waals surface area contributed by atoms with Crippen molar-refractivity contribution in [2.24, 2.45) is 0 Å². The standard InChI is InChI=1S/C9H10ClNO2S/c10-8-7(1-4-13-8)9(12)11-2-5-14-6-3-11/h1,4H,2-3,5-6H2. The number of thioether (sulfide) groups is 1. The SMILES string of the molecule is O=C(c1ccoc1Cl)N1CCSCC1. The van der Waals surface area contributed by atoms with Crippen LogP contribution in [0.2, 0.25) is 5.22 Å². The summed E-state index contributed by atoms with van der Waals surface area (Å²) in [6.45, 7) is 1.59. The highest BCUT2D eigenvalue weighted by atomic mass is 35.5. The first kappa shape index (κ1) is 9.93. The van der Waals surface area contributed by atoms with Gasteiger partial charge in [-0.3, -0.25) is 4.79 Å². The van der Waals surface area contributed by atoms with Crippen LogP contribution in [0.1, 0.15) is 10.4 Å². The van der Waals surface area contributed by atoms with E-state index in [-0.39, 0.29) is 11.1 Å². The van der Waals surface area contributed by atoms with Crippen LogP contribution in [0.4, 0.5) is 0 Å². The molecule has 0 spiro atoms. The number of carbonyl (C=O) groups is 1. The topological polar surface area (TPSA) is 33.5 Å². The Kier molecular flexibility index (Phi) is 3.03. The van der Waals surface area contributed by atoms with Crippen molar-refractivity contribution >= 4 is 29.3 Å².